The highest BCUT2D eigenvalue weighted by Gasteiger charge is 2.14. The lowest BCUT2D eigenvalue weighted by Gasteiger charge is -2.07. The van der Waals surface area contributed by atoms with Gasteiger partial charge in [0, 0.05) is 13.1 Å². The van der Waals surface area contributed by atoms with Crippen LogP contribution in [0.15, 0.2) is 12.1 Å². The SMILES string of the molecule is CNc1cc(C(=O)O)cc2c1nnn2C(C)C. The Labute approximate surface area is 98.2 Å². The summed E-state index contributed by atoms with van der Waals surface area (Å²) in [5.74, 6) is -0.958. The molecule has 1 aromatic heterocycles. The van der Waals surface area contributed by atoms with Gasteiger partial charge in [-0.05, 0) is 26.0 Å². The molecule has 1 heterocycles. The first-order valence-corrected chi connectivity index (χ1v) is 5.34. The summed E-state index contributed by atoms with van der Waals surface area (Å²) in [6, 6.07) is 3.29. The van der Waals surface area contributed by atoms with Crippen molar-refractivity contribution in [3.63, 3.8) is 0 Å². The molecule has 0 fully saturated rings. The summed E-state index contributed by atoms with van der Waals surface area (Å²) in [6.07, 6.45) is 0. The first kappa shape index (κ1) is 11.4. The minimum Gasteiger partial charge on any atom is -0.478 e. The van der Waals surface area contributed by atoms with Gasteiger partial charge in [-0.2, -0.15) is 0 Å². The Morgan fingerprint density at radius 1 is 1.47 bits per heavy atom. The first-order valence-electron chi connectivity index (χ1n) is 5.34. The number of carbonyl (C=O) groups is 1. The molecule has 17 heavy (non-hydrogen) atoms. The lowest BCUT2D eigenvalue weighted by Crippen LogP contribution is -2.04. The van der Waals surface area contributed by atoms with E-state index in [0.29, 0.717) is 11.2 Å². The topological polar surface area (TPSA) is 80.0 Å². The molecule has 0 amide bonds. The predicted octanol–water partition coefficient (Wildman–Crippen LogP) is 1.75. The van der Waals surface area contributed by atoms with E-state index in [2.05, 4.69) is 15.6 Å². The van der Waals surface area contributed by atoms with Crippen LogP contribution in [0.25, 0.3) is 11.0 Å². The van der Waals surface area contributed by atoms with Crippen molar-refractivity contribution in [2.75, 3.05) is 12.4 Å². The van der Waals surface area contributed by atoms with E-state index in [9.17, 15) is 4.79 Å². The highest BCUT2D eigenvalue weighted by Crippen LogP contribution is 2.25. The second-order valence-electron chi connectivity index (χ2n) is 4.07. The van der Waals surface area contributed by atoms with E-state index < -0.39 is 5.97 Å². The maximum Gasteiger partial charge on any atom is 0.335 e. The van der Waals surface area contributed by atoms with Gasteiger partial charge in [-0.1, -0.05) is 5.21 Å². The molecule has 6 heteroatoms. The van der Waals surface area contributed by atoms with Crippen LogP contribution in [0.1, 0.15) is 30.2 Å². The predicted molar refractivity (Wildman–Crippen MR) is 64.4 cm³/mol. The van der Waals surface area contributed by atoms with E-state index in [4.69, 9.17) is 5.11 Å². The molecule has 0 saturated heterocycles. The number of hydrogen-bond acceptors (Lipinski definition) is 4. The van der Waals surface area contributed by atoms with Crippen molar-refractivity contribution in [3.8, 4) is 0 Å². The molecule has 0 aliphatic heterocycles. The number of nitrogens with zero attached hydrogens (tertiary/aromatic N) is 3. The smallest absolute Gasteiger partial charge is 0.335 e. The van der Waals surface area contributed by atoms with Crippen LogP contribution in [-0.4, -0.2) is 33.1 Å². The molecule has 0 atom stereocenters. The fraction of sp³-hybridized carbons (Fsp3) is 0.364. The van der Waals surface area contributed by atoms with Gasteiger partial charge in [0.15, 0.2) is 0 Å². The monoisotopic (exact) mass is 234 g/mol. The molecule has 0 radical (unpaired) electrons. The zero-order valence-electron chi connectivity index (χ0n) is 9.93. The van der Waals surface area contributed by atoms with Crippen LogP contribution in [0.2, 0.25) is 0 Å². The standard InChI is InChI=1S/C11H14N4O2/c1-6(2)15-9-5-7(11(16)17)4-8(12-3)10(9)13-14-15/h4-6,12H,1-3H3,(H,16,17). The third kappa shape index (κ3) is 1.82. The number of aromatic nitrogens is 3. The fourth-order valence-electron chi connectivity index (χ4n) is 1.74. The fourth-order valence-corrected chi connectivity index (χ4v) is 1.74. The highest BCUT2D eigenvalue weighted by atomic mass is 16.4. The molecule has 0 saturated carbocycles. The van der Waals surface area contributed by atoms with Gasteiger partial charge in [-0.3, -0.25) is 0 Å². The van der Waals surface area contributed by atoms with Crippen molar-refractivity contribution >= 4 is 22.7 Å². The molecule has 2 rings (SSSR count). The molecule has 6 nitrogen and oxygen atoms in total. The van der Waals surface area contributed by atoms with Gasteiger partial charge in [-0.15, -0.1) is 5.10 Å². The number of carboxylic acids is 1. The Morgan fingerprint density at radius 3 is 2.71 bits per heavy atom. The van der Waals surface area contributed by atoms with Crippen LogP contribution < -0.4 is 5.32 Å². The number of hydrogen-bond donors (Lipinski definition) is 2. The Bertz CT molecular complexity index is 574. The normalized spacial score (nSPS) is 11.1. The van der Waals surface area contributed by atoms with Crippen molar-refractivity contribution < 1.29 is 9.90 Å². The summed E-state index contributed by atoms with van der Waals surface area (Å²) >= 11 is 0. The van der Waals surface area contributed by atoms with Crippen molar-refractivity contribution in [1.29, 1.82) is 0 Å². The second kappa shape index (κ2) is 4.04. The van der Waals surface area contributed by atoms with Crippen LogP contribution in [0.3, 0.4) is 0 Å². The average molecular weight is 234 g/mol. The van der Waals surface area contributed by atoms with E-state index in [-0.39, 0.29) is 11.6 Å². The molecule has 2 N–H and O–H groups in total. The van der Waals surface area contributed by atoms with E-state index >= 15 is 0 Å². The third-order valence-electron chi connectivity index (χ3n) is 2.58. The van der Waals surface area contributed by atoms with Gasteiger partial charge in [0.1, 0.15) is 5.52 Å². The van der Waals surface area contributed by atoms with Crippen LogP contribution in [0, 0.1) is 0 Å². The minimum absolute atomic E-state index is 0.133. The van der Waals surface area contributed by atoms with Crippen molar-refractivity contribution in [3.05, 3.63) is 17.7 Å². The second-order valence-corrected chi connectivity index (χ2v) is 4.07. The number of carboxylic acid groups (broad SMARTS) is 1. The van der Waals surface area contributed by atoms with Gasteiger partial charge in [0.2, 0.25) is 0 Å². The van der Waals surface area contributed by atoms with Crippen LogP contribution in [-0.2, 0) is 0 Å². The summed E-state index contributed by atoms with van der Waals surface area (Å²) in [5, 5.41) is 20.1. The van der Waals surface area contributed by atoms with Crippen LogP contribution >= 0.6 is 0 Å². The number of benzene rings is 1. The van der Waals surface area contributed by atoms with Gasteiger partial charge in [-0.25, -0.2) is 9.48 Å². The molecule has 0 unspecified atom stereocenters. The van der Waals surface area contributed by atoms with Gasteiger partial charge in [0.05, 0.1) is 16.8 Å². The molecular weight excluding hydrogens is 220 g/mol. The molecule has 90 valence electrons. The van der Waals surface area contributed by atoms with E-state index in [1.54, 1.807) is 23.9 Å². The molecule has 0 aliphatic rings. The Balaban J connectivity index is 2.76. The average Bonchev–Trinajstić information content (AvgIpc) is 2.70. The molecule has 2 aromatic rings. The van der Waals surface area contributed by atoms with Crippen molar-refractivity contribution in [2.45, 2.75) is 19.9 Å². The number of nitrogens with one attached hydrogen (secondary N) is 1. The zero-order chi connectivity index (χ0) is 12.6. The third-order valence-corrected chi connectivity index (χ3v) is 2.58. The number of fused-ring (bicyclic) bond motifs is 1. The first-order chi connectivity index (χ1) is 8.04. The summed E-state index contributed by atoms with van der Waals surface area (Å²) < 4.78 is 1.71. The van der Waals surface area contributed by atoms with Crippen LogP contribution in [0.4, 0.5) is 5.69 Å². The Kier molecular flexibility index (Phi) is 2.71. The highest BCUT2D eigenvalue weighted by molar-refractivity contribution is 5.97. The number of aromatic carboxylic acids is 1. The number of anilines is 1. The molecule has 0 spiro atoms. The lowest BCUT2D eigenvalue weighted by molar-refractivity contribution is 0.0697. The van der Waals surface area contributed by atoms with Crippen LogP contribution in [0.5, 0.6) is 0 Å². The molecular formula is C11H14N4O2. The van der Waals surface area contributed by atoms with Gasteiger partial charge >= 0.3 is 5.97 Å². The zero-order valence-corrected chi connectivity index (χ0v) is 9.93. The maximum absolute atomic E-state index is 11.0. The van der Waals surface area contributed by atoms with Gasteiger partial charge in [0.25, 0.3) is 0 Å². The van der Waals surface area contributed by atoms with E-state index in [1.807, 2.05) is 13.8 Å². The van der Waals surface area contributed by atoms with Crippen molar-refractivity contribution in [1.82, 2.24) is 15.0 Å². The summed E-state index contributed by atoms with van der Waals surface area (Å²) in [6.45, 7) is 3.95. The Morgan fingerprint density at radius 2 is 2.18 bits per heavy atom. The Hall–Kier alpha value is -2.11. The van der Waals surface area contributed by atoms with E-state index in [1.165, 1.54) is 0 Å². The summed E-state index contributed by atoms with van der Waals surface area (Å²) in [5.41, 5.74) is 2.31. The summed E-state index contributed by atoms with van der Waals surface area (Å²) in [7, 11) is 1.73. The minimum atomic E-state index is -0.958. The molecule has 0 aliphatic carbocycles. The largest absolute Gasteiger partial charge is 0.478 e. The lowest BCUT2D eigenvalue weighted by atomic mass is 10.1. The maximum atomic E-state index is 11.0. The molecule has 1 aromatic carbocycles. The summed E-state index contributed by atoms with van der Waals surface area (Å²) in [4.78, 5) is 11.0. The van der Waals surface area contributed by atoms with Crippen molar-refractivity contribution in [2.24, 2.45) is 0 Å². The van der Waals surface area contributed by atoms with Gasteiger partial charge < -0.3 is 10.4 Å². The molecule has 0 bridgehead atoms. The number of rotatable bonds is 3. The quantitative estimate of drug-likeness (QED) is 0.845. The van der Waals surface area contributed by atoms with E-state index in [0.717, 1.165) is 5.52 Å².